The van der Waals surface area contributed by atoms with Gasteiger partial charge in [0, 0.05) is 5.41 Å². The van der Waals surface area contributed by atoms with Crippen molar-refractivity contribution in [2.24, 2.45) is 0 Å². The van der Waals surface area contributed by atoms with Crippen LogP contribution in [0.4, 0.5) is 0 Å². The monoisotopic (exact) mass is 328 g/mol. The summed E-state index contributed by atoms with van der Waals surface area (Å²) in [5.41, 5.74) is 3.78. The van der Waals surface area contributed by atoms with Crippen LogP contribution in [0.2, 0.25) is 0 Å². The van der Waals surface area contributed by atoms with E-state index in [1.807, 2.05) is 18.2 Å². The molecule has 0 aliphatic carbocycles. The Morgan fingerprint density at radius 1 is 1.21 bits per heavy atom. The van der Waals surface area contributed by atoms with Gasteiger partial charge >= 0.3 is 0 Å². The SMILES string of the molecule is C=CC(C)(CC/C=C(\C)CCC=C(C)C)c1ccc(O)c(OC)c1. The maximum atomic E-state index is 9.78. The van der Waals surface area contributed by atoms with Gasteiger partial charge in [0.25, 0.3) is 0 Å². The highest BCUT2D eigenvalue weighted by Gasteiger charge is 2.23. The summed E-state index contributed by atoms with van der Waals surface area (Å²) in [5, 5.41) is 9.78. The zero-order valence-electron chi connectivity index (χ0n) is 15.9. The van der Waals surface area contributed by atoms with E-state index in [2.05, 4.69) is 46.4 Å². The van der Waals surface area contributed by atoms with Crippen LogP contribution >= 0.6 is 0 Å². The normalized spacial score (nSPS) is 14.0. The molecule has 0 amide bonds. The molecule has 2 heteroatoms. The smallest absolute Gasteiger partial charge is 0.160 e. The maximum Gasteiger partial charge on any atom is 0.160 e. The number of hydrogen-bond donors (Lipinski definition) is 1. The first-order valence-electron chi connectivity index (χ1n) is 8.62. The Morgan fingerprint density at radius 3 is 2.50 bits per heavy atom. The molecule has 24 heavy (non-hydrogen) atoms. The van der Waals surface area contributed by atoms with Gasteiger partial charge in [-0.1, -0.05) is 42.4 Å². The van der Waals surface area contributed by atoms with Gasteiger partial charge in [0.1, 0.15) is 0 Å². The molecule has 1 aromatic carbocycles. The molecule has 0 aliphatic heterocycles. The average Bonchev–Trinajstić information content (AvgIpc) is 2.54. The molecule has 0 aromatic heterocycles. The molecule has 2 nitrogen and oxygen atoms in total. The van der Waals surface area contributed by atoms with E-state index in [1.54, 1.807) is 13.2 Å². The standard InChI is InChI=1S/C22H32O2/c1-7-22(5,19-13-14-20(23)21(16-19)24-6)15-9-12-18(4)11-8-10-17(2)3/h7,10,12-14,16,23H,1,8-9,11,15H2,2-6H3/b18-12+. The fraction of sp³-hybridized carbons (Fsp3) is 0.455. The molecule has 0 bridgehead atoms. The van der Waals surface area contributed by atoms with Crippen molar-refractivity contribution in [3.05, 3.63) is 59.7 Å². The number of methoxy groups -OCH3 is 1. The minimum absolute atomic E-state index is 0.141. The summed E-state index contributed by atoms with van der Waals surface area (Å²) in [5.74, 6) is 0.677. The predicted molar refractivity (Wildman–Crippen MR) is 104 cm³/mol. The lowest BCUT2D eigenvalue weighted by molar-refractivity contribution is 0.371. The third-order valence-corrected chi connectivity index (χ3v) is 4.54. The van der Waals surface area contributed by atoms with E-state index in [0.29, 0.717) is 5.75 Å². The van der Waals surface area contributed by atoms with E-state index in [4.69, 9.17) is 4.74 Å². The van der Waals surface area contributed by atoms with Crippen LogP contribution in [0.25, 0.3) is 0 Å². The highest BCUT2D eigenvalue weighted by molar-refractivity contribution is 5.45. The third-order valence-electron chi connectivity index (χ3n) is 4.54. The molecular formula is C22H32O2. The minimum Gasteiger partial charge on any atom is -0.504 e. The number of allylic oxidation sites excluding steroid dienone is 5. The van der Waals surface area contributed by atoms with Crippen molar-refractivity contribution in [2.45, 2.75) is 58.8 Å². The Labute approximate surface area is 147 Å². The van der Waals surface area contributed by atoms with Gasteiger partial charge in [-0.05, 0) is 64.2 Å². The van der Waals surface area contributed by atoms with Gasteiger partial charge < -0.3 is 9.84 Å². The van der Waals surface area contributed by atoms with Crippen LogP contribution in [0.1, 0.15) is 58.9 Å². The first-order chi connectivity index (χ1) is 11.3. The van der Waals surface area contributed by atoms with E-state index in [9.17, 15) is 5.11 Å². The quantitative estimate of drug-likeness (QED) is 0.538. The molecule has 0 aliphatic rings. The molecule has 0 saturated carbocycles. The molecule has 1 N–H and O–H groups in total. The van der Waals surface area contributed by atoms with Crippen LogP contribution in [-0.4, -0.2) is 12.2 Å². The van der Waals surface area contributed by atoms with Crippen molar-refractivity contribution < 1.29 is 9.84 Å². The van der Waals surface area contributed by atoms with Crippen molar-refractivity contribution >= 4 is 0 Å². The number of phenolic OH excluding ortho intramolecular Hbond substituents is 1. The molecule has 0 spiro atoms. The molecule has 1 unspecified atom stereocenters. The second-order valence-corrected chi connectivity index (χ2v) is 6.92. The van der Waals surface area contributed by atoms with E-state index in [0.717, 1.165) is 31.2 Å². The van der Waals surface area contributed by atoms with Crippen LogP contribution in [-0.2, 0) is 5.41 Å². The Kier molecular flexibility index (Phi) is 7.84. The number of phenols is 1. The van der Waals surface area contributed by atoms with Crippen molar-refractivity contribution in [3.63, 3.8) is 0 Å². The maximum absolute atomic E-state index is 9.78. The molecule has 1 atom stereocenters. The van der Waals surface area contributed by atoms with Gasteiger partial charge in [0.2, 0.25) is 0 Å². The van der Waals surface area contributed by atoms with Crippen LogP contribution < -0.4 is 4.74 Å². The summed E-state index contributed by atoms with van der Waals surface area (Å²) in [6, 6.07) is 5.55. The number of ether oxygens (including phenoxy) is 1. The summed E-state index contributed by atoms with van der Waals surface area (Å²) >= 11 is 0. The summed E-state index contributed by atoms with van der Waals surface area (Å²) < 4.78 is 5.23. The Morgan fingerprint density at radius 2 is 1.92 bits per heavy atom. The summed E-state index contributed by atoms with van der Waals surface area (Å²) in [4.78, 5) is 0. The molecular weight excluding hydrogens is 296 g/mol. The molecule has 1 aromatic rings. The predicted octanol–water partition coefficient (Wildman–Crippen LogP) is 6.32. The highest BCUT2D eigenvalue weighted by atomic mass is 16.5. The molecule has 132 valence electrons. The molecule has 0 saturated heterocycles. The van der Waals surface area contributed by atoms with E-state index >= 15 is 0 Å². The third kappa shape index (κ3) is 5.92. The van der Waals surface area contributed by atoms with E-state index in [1.165, 1.54) is 11.1 Å². The van der Waals surface area contributed by atoms with Gasteiger partial charge in [0.15, 0.2) is 11.5 Å². The highest BCUT2D eigenvalue weighted by Crippen LogP contribution is 2.36. The van der Waals surface area contributed by atoms with Gasteiger partial charge in [0.05, 0.1) is 7.11 Å². The molecule has 0 heterocycles. The van der Waals surface area contributed by atoms with Gasteiger partial charge in [-0.2, -0.15) is 0 Å². The lowest BCUT2D eigenvalue weighted by Gasteiger charge is -2.26. The van der Waals surface area contributed by atoms with Gasteiger partial charge in [-0.25, -0.2) is 0 Å². The lowest BCUT2D eigenvalue weighted by Crippen LogP contribution is -2.18. The second kappa shape index (κ2) is 9.36. The number of rotatable bonds is 9. The molecule has 0 radical (unpaired) electrons. The fourth-order valence-corrected chi connectivity index (χ4v) is 2.71. The zero-order valence-corrected chi connectivity index (χ0v) is 15.9. The van der Waals surface area contributed by atoms with Crippen LogP contribution in [0.15, 0.2) is 54.2 Å². The number of benzene rings is 1. The number of hydrogen-bond acceptors (Lipinski definition) is 2. The average molecular weight is 328 g/mol. The van der Waals surface area contributed by atoms with Crippen LogP contribution in [0, 0.1) is 0 Å². The molecule has 0 fully saturated rings. The minimum atomic E-state index is -0.141. The number of aromatic hydroxyl groups is 1. The molecule has 1 rings (SSSR count). The summed E-state index contributed by atoms with van der Waals surface area (Å²) in [6.45, 7) is 12.7. The van der Waals surface area contributed by atoms with Gasteiger partial charge in [-0.15, -0.1) is 6.58 Å². The second-order valence-electron chi connectivity index (χ2n) is 6.92. The largest absolute Gasteiger partial charge is 0.504 e. The van der Waals surface area contributed by atoms with E-state index in [-0.39, 0.29) is 11.2 Å². The lowest BCUT2D eigenvalue weighted by atomic mass is 9.78. The Balaban J connectivity index is 2.75. The van der Waals surface area contributed by atoms with Crippen molar-refractivity contribution in [1.29, 1.82) is 0 Å². The Hall–Kier alpha value is -1.96. The summed E-state index contributed by atoms with van der Waals surface area (Å²) in [7, 11) is 1.57. The van der Waals surface area contributed by atoms with Crippen molar-refractivity contribution in [3.8, 4) is 11.5 Å². The first-order valence-corrected chi connectivity index (χ1v) is 8.62. The van der Waals surface area contributed by atoms with Gasteiger partial charge in [-0.3, -0.25) is 0 Å². The van der Waals surface area contributed by atoms with E-state index < -0.39 is 0 Å². The van der Waals surface area contributed by atoms with Crippen LogP contribution in [0.3, 0.4) is 0 Å². The van der Waals surface area contributed by atoms with Crippen molar-refractivity contribution in [2.75, 3.05) is 7.11 Å². The van der Waals surface area contributed by atoms with Crippen LogP contribution in [0.5, 0.6) is 11.5 Å². The topological polar surface area (TPSA) is 29.5 Å². The Bertz CT molecular complexity index is 606. The first kappa shape index (κ1) is 20.1. The fourth-order valence-electron chi connectivity index (χ4n) is 2.71. The summed E-state index contributed by atoms with van der Waals surface area (Å²) in [6.07, 6.45) is 10.8. The van der Waals surface area contributed by atoms with Crippen molar-refractivity contribution in [1.82, 2.24) is 0 Å². The zero-order chi connectivity index (χ0) is 18.2.